The van der Waals surface area contributed by atoms with Gasteiger partial charge in [0.25, 0.3) is 5.91 Å². The van der Waals surface area contributed by atoms with E-state index in [9.17, 15) is 9.18 Å². The predicted molar refractivity (Wildman–Crippen MR) is 100 cm³/mol. The minimum absolute atomic E-state index is 0.126. The van der Waals surface area contributed by atoms with Gasteiger partial charge in [0.15, 0.2) is 0 Å². The van der Waals surface area contributed by atoms with Crippen LogP contribution in [0.5, 0.6) is 0 Å². The van der Waals surface area contributed by atoms with E-state index >= 15 is 0 Å². The van der Waals surface area contributed by atoms with Crippen LogP contribution in [0.4, 0.5) is 4.39 Å². The van der Waals surface area contributed by atoms with Gasteiger partial charge in [0.1, 0.15) is 5.82 Å². The van der Waals surface area contributed by atoms with Crippen molar-refractivity contribution in [3.05, 3.63) is 72.1 Å². The molecule has 1 atom stereocenters. The maximum atomic E-state index is 13.6. The zero-order valence-electron chi connectivity index (χ0n) is 15.2. The van der Waals surface area contributed by atoms with Crippen LogP contribution in [0.1, 0.15) is 41.4 Å². The van der Waals surface area contributed by atoms with Gasteiger partial charge in [-0.2, -0.15) is 5.10 Å². The van der Waals surface area contributed by atoms with Crippen molar-refractivity contribution in [2.24, 2.45) is 7.05 Å². The second-order valence-electron chi connectivity index (χ2n) is 6.86. The molecule has 0 aliphatic carbocycles. The molecular formula is C21H21FN4O. The van der Waals surface area contributed by atoms with E-state index in [1.165, 1.54) is 12.1 Å². The molecule has 3 aromatic rings. The van der Waals surface area contributed by atoms with E-state index in [0.717, 1.165) is 36.1 Å². The normalized spacial score (nSPS) is 17.1. The van der Waals surface area contributed by atoms with Crippen LogP contribution >= 0.6 is 0 Å². The molecule has 1 fully saturated rings. The minimum atomic E-state index is -0.398. The summed E-state index contributed by atoms with van der Waals surface area (Å²) in [7, 11) is 1.88. The Morgan fingerprint density at radius 2 is 2.00 bits per heavy atom. The van der Waals surface area contributed by atoms with E-state index in [2.05, 4.69) is 10.1 Å². The average Bonchev–Trinajstić information content (AvgIpc) is 3.10. The molecule has 138 valence electrons. The lowest BCUT2D eigenvalue weighted by Crippen LogP contribution is -2.39. The molecule has 27 heavy (non-hydrogen) atoms. The molecule has 0 radical (unpaired) electrons. The Labute approximate surface area is 157 Å². The predicted octanol–water partition coefficient (Wildman–Crippen LogP) is 3.99. The van der Waals surface area contributed by atoms with Crippen molar-refractivity contribution in [1.82, 2.24) is 19.7 Å². The van der Waals surface area contributed by atoms with E-state index in [0.29, 0.717) is 12.1 Å². The van der Waals surface area contributed by atoms with Gasteiger partial charge < -0.3 is 4.90 Å². The van der Waals surface area contributed by atoms with Gasteiger partial charge in [-0.05, 0) is 55.2 Å². The monoisotopic (exact) mass is 364 g/mol. The first-order valence-electron chi connectivity index (χ1n) is 9.14. The summed E-state index contributed by atoms with van der Waals surface area (Å²) in [5.41, 5.74) is 3.29. The first kappa shape index (κ1) is 17.4. The summed E-state index contributed by atoms with van der Waals surface area (Å²) in [4.78, 5) is 19.0. The molecule has 2 aromatic heterocycles. The lowest BCUT2D eigenvalue weighted by atomic mass is 9.94. The first-order chi connectivity index (χ1) is 13.1. The summed E-state index contributed by atoms with van der Waals surface area (Å²) in [5, 5.41) is 4.68. The van der Waals surface area contributed by atoms with E-state index in [1.807, 2.05) is 30.3 Å². The molecule has 3 heterocycles. The third-order valence-corrected chi connectivity index (χ3v) is 5.00. The molecule has 1 saturated heterocycles. The van der Waals surface area contributed by atoms with Crippen LogP contribution in [-0.4, -0.2) is 32.1 Å². The quantitative estimate of drug-likeness (QED) is 0.706. The molecule has 0 unspecified atom stereocenters. The Morgan fingerprint density at radius 1 is 1.19 bits per heavy atom. The second kappa shape index (κ2) is 7.31. The summed E-state index contributed by atoms with van der Waals surface area (Å²) in [6.07, 6.45) is 8.30. The Balaban J connectivity index is 1.73. The van der Waals surface area contributed by atoms with Crippen molar-refractivity contribution in [3.8, 4) is 11.1 Å². The van der Waals surface area contributed by atoms with Gasteiger partial charge in [-0.25, -0.2) is 4.39 Å². The fourth-order valence-electron chi connectivity index (χ4n) is 3.75. The van der Waals surface area contributed by atoms with Crippen LogP contribution in [0, 0.1) is 5.82 Å². The summed E-state index contributed by atoms with van der Waals surface area (Å²) in [6, 6.07) is 9.66. The summed E-state index contributed by atoms with van der Waals surface area (Å²) in [5.74, 6) is -0.546. The summed E-state index contributed by atoms with van der Waals surface area (Å²) >= 11 is 0. The number of nitrogens with zero attached hydrogens (tertiary/aromatic N) is 4. The van der Waals surface area contributed by atoms with Crippen LogP contribution in [-0.2, 0) is 7.05 Å². The fourth-order valence-corrected chi connectivity index (χ4v) is 3.75. The maximum Gasteiger partial charge on any atom is 0.254 e. The van der Waals surface area contributed by atoms with Crippen molar-refractivity contribution in [3.63, 3.8) is 0 Å². The highest BCUT2D eigenvalue weighted by atomic mass is 19.1. The molecule has 0 N–H and O–H groups in total. The zero-order valence-corrected chi connectivity index (χ0v) is 15.2. The van der Waals surface area contributed by atoms with Gasteiger partial charge in [-0.3, -0.25) is 14.5 Å². The van der Waals surface area contributed by atoms with Crippen molar-refractivity contribution in [2.75, 3.05) is 6.54 Å². The number of benzene rings is 1. The molecule has 0 spiro atoms. The van der Waals surface area contributed by atoms with Crippen molar-refractivity contribution in [1.29, 1.82) is 0 Å². The molecule has 5 nitrogen and oxygen atoms in total. The van der Waals surface area contributed by atoms with Crippen LogP contribution in [0.15, 0.2) is 55.0 Å². The number of hydrogen-bond acceptors (Lipinski definition) is 3. The number of aromatic nitrogens is 3. The standard InChI is InChI=1S/C21H21FN4O/c1-25-14-18(15-8-10-23-11-9-15)20(24-25)19-7-2-3-12-26(19)21(27)16-5-4-6-17(22)13-16/h4-6,8-11,13-14,19H,2-3,7,12H2,1H3/t19-/m1/s1. The Hall–Kier alpha value is -3.02. The van der Waals surface area contributed by atoms with Crippen molar-refractivity contribution in [2.45, 2.75) is 25.3 Å². The molecule has 1 aliphatic rings. The number of hydrogen-bond donors (Lipinski definition) is 0. The highest BCUT2D eigenvalue weighted by molar-refractivity contribution is 5.94. The number of halogens is 1. The van der Waals surface area contributed by atoms with Gasteiger partial charge >= 0.3 is 0 Å². The van der Waals surface area contributed by atoms with Crippen LogP contribution < -0.4 is 0 Å². The largest absolute Gasteiger partial charge is 0.330 e. The second-order valence-corrected chi connectivity index (χ2v) is 6.86. The van der Waals surface area contributed by atoms with Gasteiger partial charge in [0.2, 0.25) is 0 Å². The number of carbonyl (C=O) groups is 1. The SMILES string of the molecule is Cn1cc(-c2ccncc2)c([C@H]2CCCCN2C(=O)c2cccc(F)c2)n1. The van der Waals surface area contributed by atoms with Crippen LogP contribution in [0.2, 0.25) is 0 Å². The third kappa shape index (κ3) is 3.47. The van der Waals surface area contributed by atoms with E-state index < -0.39 is 5.82 Å². The van der Waals surface area contributed by atoms with Gasteiger partial charge in [0, 0.05) is 43.3 Å². The molecule has 0 bridgehead atoms. The highest BCUT2D eigenvalue weighted by Crippen LogP contribution is 2.36. The fraction of sp³-hybridized carbons (Fsp3) is 0.286. The third-order valence-electron chi connectivity index (χ3n) is 5.00. The first-order valence-corrected chi connectivity index (χ1v) is 9.14. The molecule has 1 aromatic carbocycles. The minimum Gasteiger partial charge on any atom is -0.330 e. The van der Waals surface area contributed by atoms with Gasteiger partial charge in [-0.15, -0.1) is 0 Å². The molecule has 1 amide bonds. The summed E-state index contributed by atoms with van der Waals surface area (Å²) in [6.45, 7) is 0.645. The Kier molecular flexibility index (Phi) is 4.71. The number of likely N-dealkylation sites (tertiary alicyclic amines) is 1. The van der Waals surface area contributed by atoms with Crippen molar-refractivity contribution < 1.29 is 9.18 Å². The maximum absolute atomic E-state index is 13.6. The van der Waals surface area contributed by atoms with Gasteiger partial charge in [-0.1, -0.05) is 6.07 Å². The Bertz CT molecular complexity index is 954. The summed E-state index contributed by atoms with van der Waals surface area (Å²) < 4.78 is 15.4. The van der Waals surface area contributed by atoms with E-state index in [-0.39, 0.29) is 11.9 Å². The van der Waals surface area contributed by atoms with Gasteiger partial charge in [0.05, 0.1) is 11.7 Å². The topological polar surface area (TPSA) is 51.0 Å². The number of aryl methyl sites for hydroxylation is 1. The number of carbonyl (C=O) groups excluding carboxylic acids is 1. The van der Waals surface area contributed by atoms with E-state index in [4.69, 9.17) is 0 Å². The molecule has 6 heteroatoms. The van der Waals surface area contributed by atoms with Crippen LogP contribution in [0.3, 0.4) is 0 Å². The number of piperidine rings is 1. The number of amides is 1. The number of rotatable bonds is 3. The van der Waals surface area contributed by atoms with Crippen molar-refractivity contribution >= 4 is 5.91 Å². The lowest BCUT2D eigenvalue weighted by molar-refractivity contribution is 0.0605. The Morgan fingerprint density at radius 3 is 2.78 bits per heavy atom. The zero-order chi connectivity index (χ0) is 18.8. The van der Waals surface area contributed by atoms with E-state index in [1.54, 1.807) is 29.2 Å². The molecule has 4 rings (SSSR count). The van der Waals surface area contributed by atoms with Crippen LogP contribution in [0.25, 0.3) is 11.1 Å². The molecule has 1 aliphatic heterocycles. The molecule has 0 saturated carbocycles. The molecular weight excluding hydrogens is 343 g/mol. The lowest BCUT2D eigenvalue weighted by Gasteiger charge is -2.35. The number of pyridine rings is 1. The smallest absolute Gasteiger partial charge is 0.254 e. The highest BCUT2D eigenvalue weighted by Gasteiger charge is 2.32. The average molecular weight is 364 g/mol.